The van der Waals surface area contributed by atoms with Gasteiger partial charge in [0.25, 0.3) is 0 Å². The van der Waals surface area contributed by atoms with Crippen molar-refractivity contribution in [3.05, 3.63) is 0 Å². The normalized spacial score (nSPS) is 12.3. The van der Waals surface area contributed by atoms with Crippen molar-refractivity contribution < 1.29 is 8.78 Å². The molecule has 3 heteroatoms. The summed E-state index contributed by atoms with van der Waals surface area (Å²) in [6, 6.07) is -0.324. The fourth-order valence-corrected chi connectivity index (χ4v) is 0.396. The van der Waals surface area contributed by atoms with Crippen molar-refractivity contribution in [2.45, 2.75) is 46.1 Å². The molecule has 0 saturated heterocycles. The van der Waals surface area contributed by atoms with Crippen LogP contribution in [0.25, 0.3) is 0 Å². The van der Waals surface area contributed by atoms with Crippen LogP contribution in [0.3, 0.4) is 0 Å². The molecule has 0 radical (unpaired) electrons. The minimum Gasteiger partial charge on any atom is -0.328 e. The van der Waals surface area contributed by atoms with Gasteiger partial charge in [0.2, 0.25) is 6.43 Å². The number of halogens is 2. The standard InChI is InChI=1S/C5H11F2N.C2H6/c1-2-4(8)3-5(6)7;1-2/h4-5H,2-3,8H2,1H3;1-2H3. The number of alkyl halides is 2. The molecule has 0 aromatic carbocycles. The van der Waals surface area contributed by atoms with E-state index in [1.807, 2.05) is 13.8 Å². The molecule has 0 bridgehead atoms. The molecule has 10 heavy (non-hydrogen) atoms. The predicted octanol–water partition coefficient (Wildman–Crippen LogP) is 2.41. The van der Waals surface area contributed by atoms with Crippen LogP contribution in [0.5, 0.6) is 0 Å². The van der Waals surface area contributed by atoms with E-state index in [9.17, 15) is 8.78 Å². The predicted molar refractivity (Wildman–Crippen MR) is 40.2 cm³/mol. The molecule has 0 saturated carbocycles. The van der Waals surface area contributed by atoms with Gasteiger partial charge in [-0.2, -0.15) is 0 Å². The summed E-state index contributed by atoms with van der Waals surface area (Å²) in [6.07, 6.45) is -1.79. The molecule has 0 spiro atoms. The van der Waals surface area contributed by atoms with Gasteiger partial charge in [0.1, 0.15) is 0 Å². The van der Waals surface area contributed by atoms with Gasteiger partial charge < -0.3 is 5.73 Å². The van der Waals surface area contributed by atoms with Crippen LogP contribution in [0, 0.1) is 0 Å². The van der Waals surface area contributed by atoms with E-state index >= 15 is 0 Å². The monoisotopic (exact) mass is 153 g/mol. The highest BCUT2D eigenvalue weighted by Gasteiger charge is 2.07. The molecule has 0 aliphatic carbocycles. The van der Waals surface area contributed by atoms with Crippen molar-refractivity contribution in [3.63, 3.8) is 0 Å². The highest BCUT2D eigenvalue weighted by Crippen LogP contribution is 2.03. The SMILES string of the molecule is CC.CCC(N)CC(F)F. The molecule has 1 atom stereocenters. The molecule has 0 aliphatic heterocycles. The quantitative estimate of drug-likeness (QED) is 0.662. The molecule has 0 amide bonds. The highest BCUT2D eigenvalue weighted by atomic mass is 19.3. The van der Waals surface area contributed by atoms with Crippen molar-refractivity contribution in [1.29, 1.82) is 0 Å². The van der Waals surface area contributed by atoms with E-state index in [1.165, 1.54) is 0 Å². The van der Waals surface area contributed by atoms with E-state index in [4.69, 9.17) is 5.73 Å². The Labute approximate surface area is 61.6 Å². The van der Waals surface area contributed by atoms with E-state index in [2.05, 4.69) is 0 Å². The zero-order chi connectivity index (χ0) is 8.57. The second-order valence-corrected chi connectivity index (χ2v) is 1.80. The van der Waals surface area contributed by atoms with Gasteiger partial charge in [0, 0.05) is 12.5 Å². The molecule has 0 fully saturated rings. The average molecular weight is 153 g/mol. The van der Waals surface area contributed by atoms with Gasteiger partial charge in [-0.25, -0.2) is 8.78 Å². The Kier molecular flexibility index (Phi) is 11.0. The van der Waals surface area contributed by atoms with Crippen LogP contribution in [0.4, 0.5) is 8.78 Å². The molecule has 1 unspecified atom stereocenters. The summed E-state index contributed by atoms with van der Waals surface area (Å²) in [5, 5.41) is 0. The average Bonchev–Trinajstić information content (AvgIpc) is 1.91. The Balaban J connectivity index is 0. The van der Waals surface area contributed by atoms with Gasteiger partial charge in [-0.1, -0.05) is 20.8 Å². The zero-order valence-corrected chi connectivity index (χ0v) is 6.90. The summed E-state index contributed by atoms with van der Waals surface area (Å²) in [6.45, 7) is 5.80. The molecule has 0 aromatic heterocycles. The van der Waals surface area contributed by atoms with Crippen molar-refractivity contribution in [1.82, 2.24) is 0 Å². The van der Waals surface area contributed by atoms with Gasteiger partial charge in [-0.15, -0.1) is 0 Å². The first kappa shape index (κ1) is 12.5. The fourth-order valence-electron chi connectivity index (χ4n) is 0.396. The Morgan fingerprint density at radius 1 is 1.30 bits per heavy atom. The van der Waals surface area contributed by atoms with Gasteiger partial charge in [-0.05, 0) is 6.42 Å². The molecule has 0 aliphatic rings. The summed E-state index contributed by atoms with van der Waals surface area (Å²) < 4.78 is 22.8. The van der Waals surface area contributed by atoms with Gasteiger partial charge >= 0.3 is 0 Å². The number of rotatable bonds is 3. The summed E-state index contributed by atoms with van der Waals surface area (Å²) in [5.41, 5.74) is 5.19. The molecule has 2 N–H and O–H groups in total. The Hall–Kier alpha value is -0.180. The third kappa shape index (κ3) is 10.7. The van der Waals surface area contributed by atoms with Crippen LogP contribution in [-0.2, 0) is 0 Å². The Bertz CT molecular complexity index is 57.6. The van der Waals surface area contributed by atoms with Crippen molar-refractivity contribution in [2.75, 3.05) is 0 Å². The minimum absolute atomic E-state index is 0.170. The van der Waals surface area contributed by atoms with Crippen LogP contribution < -0.4 is 5.73 Å². The van der Waals surface area contributed by atoms with Gasteiger partial charge in [-0.3, -0.25) is 0 Å². The first-order valence-corrected chi connectivity index (χ1v) is 3.70. The maximum absolute atomic E-state index is 11.4. The maximum atomic E-state index is 11.4. The Morgan fingerprint density at radius 2 is 1.70 bits per heavy atom. The molecule has 0 aromatic rings. The molecular formula is C7H17F2N. The third-order valence-corrected chi connectivity index (χ3v) is 1.01. The Morgan fingerprint density at radius 3 is 1.80 bits per heavy atom. The van der Waals surface area contributed by atoms with Crippen LogP contribution in [-0.4, -0.2) is 12.5 Å². The first-order chi connectivity index (χ1) is 4.66. The van der Waals surface area contributed by atoms with Crippen LogP contribution >= 0.6 is 0 Å². The third-order valence-electron chi connectivity index (χ3n) is 1.01. The maximum Gasteiger partial charge on any atom is 0.240 e. The van der Waals surface area contributed by atoms with Crippen LogP contribution in [0.2, 0.25) is 0 Å². The molecule has 0 heterocycles. The fraction of sp³-hybridized carbons (Fsp3) is 1.00. The topological polar surface area (TPSA) is 26.0 Å². The highest BCUT2D eigenvalue weighted by molar-refractivity contribution is 4.58. The van der Waals surface area contributed by atoms with E-state index in [0.29, 0.717) is 6.42 Å². The summed E-state index contributed by atoms with van der Waals surface area (Å²) in [7, 11) is 0. The second kappa shape index (κ2) is 8.82. The van der Waals surface area contributed by atoms with Gasteiger partial charge in [0.15, 0.2) is 0 Å². The zero-order valence-electron chi connectivity index (χ0n) is 6.90. The van der Waals surface area contributed by atoms with Crippen LogP contribution in [0.1, 0.15) is 33.6 Å². The minimum atomic E-state index is -2.25. The summed E-state index contributed by atoms with van der Waals surface area (Å²) >= 11 is 0. The van der Waals surface area contributed by atoms with E-state index < -0.39 is 6.43 Å². The van der Waals surface area contributed by atoms with E-state index in [0.717, 1.165) is 0 Å². The summed E-state index contributed by atoms with van der Waals surface area (Å²) in [4.78, 5) is 0. The number of nitrogens with two attached hydrogens (primary N) is 1. The molecule has 0 rings (SSSR count). The summed E-state index contributed by atoms with van der Waals surface area (Å²) in [5.74, 6) is 0. The smallest absolute Gasteiger partial charge is 0.240 e. The lowest BCUT2D eigenvalue weighted by molar-refractivity contribution is 0.127. The first-order valence-electron chi connectivity index (χ1n) is 3.70. The molecular weight excluding hydrogens is 136 g/mol. The number of hydrogen-bond donors (Lipinski definition) is 1. The van der Waals surface area contributed by atoms with Crippen molar-refractivity contribution in [2.24, 2.45) is 5.73 Å². The van der Waals surface area contributed by atoms with Crippen molar-refractivity contribution >= 4 is 0 Å². The van der Waals surface area contributed by atoms with Gasteiger partial charge in [0.05, 0.1) is 0 Å². The lowest BCUT2D eigenvalue weighted by Gasteiger charge is -2.05. The van der Waals surface area contributed by atoms with E-state index in [-0.39, 0.29) is 12.5 Å². The van der Waals surface area contributed by atoms with E-state index in [1.54, 1.807) is 6.92 Å². The lowest BCUT2D eigenvalue weighted by atomic mass is 10.2. The molecule has 1 nitrogen and oxygen atoms in total. The number of hydrogen-bond acceptors (Lipinski definition) is 1. The lowest BCUT2D eigenvalue weighted by Crippen LogP contribution is -2.21. The van der Waals surface area contributed by atoms with Crippen LogP contribution in [0.15, 0.2) is 0 Å². The largest absolute Gasteiger partial charge is 0.328 e. The van der Waals surface area contributed by atoms with Crippen molar-refractivity contribution in [3.8, 4) is 0 Å². The molecule has 64 valence electrons. The second-order valence-electron chi connectivity index (χ2n) is 1.80.